The molecule has 2 atom stereocenters. The Kier molecular flexibility index (Phi) is 5.50. The molecule has 0 N–H and O–H groups in total. The molecule has 0 amide bonds. The number of anilines is 1. The van der Waals surface area contributed by atoms with Crippen molar-refractivity contribution < 1.29 is 0 Å². The van der Waals surface area contributed by atoms with Crippen LogP contribution in [0.15, 0.2) is 36.4 Å². The number of para-hydroxylation sites is 1. The van der Waals surface area contributed by atoms with E-state index in [0.717, 1.165) is 6.42 Å². The molecule has 1 spiro atoms. The van der Waals surface area contributed by atoms with E-state index in [2.05, 4.69) is 89.8 Å². The van der Waals surface area contributed by atoms with Gasteiger partial charge in [-0.05, 0) is 74.1 Å². The van der Waals surface area contributed by atoms with Crippen LogP contribution < -0.4 is 4.90 Å². The zero-order valence-electron chi connectivity index (χ0n) is 19.8. The monoisotopic (exact) mass is 423 g/mol. The summed E-state index contributed by atoms with van der Waals surface area (Å²) >= 11 is 6.88. The number of hydrogen-bond donors (Lipinski definition) is 0. The van der Waals surface area contributed by atoms with Gasteiger partial charge < -0.3 is 4.90 Å². The predicted octanol–water partition coefficient (Wildman–Crippen LogP) is 7.72. The number of fused-ring (bicyclic) bond motifs is 2. The second-order valence-corrected chi connectivity index (χ2v) is 11.2. The van der Waals surface area contributed by atoms with Crippen LogP contribution in [0.1, 0.15) is 94.0 Å². The van der Waals surface area contributed by atoms with Gasteiger partial charge in [-0.15, -0.1) is 11.6 Å². The Morgan fingerprint density at radius 2 is 1.67 bits per heavy atom. The maximum absolute atomic E-state index is 6.88. The highest BCUT2D eigenvalue weighted by atomic mass is 35.5. The van der Waals surface area contributed by atoms with Crippen molar-refractivity contribution in [1.82, 2.24) is 0 Å². The Morgan fingerprint density at radius 1 is 1.03 bits per heavy atom. The summed E-state index contributed by atoms with van der Waals surface area (Å²) in [6.07, 6.45) is 3.55. The molecule has 0 saturated carbocycles. The van der Waals surface area contributed by atoms with Crippen molar-refractivity contribution in [2.75, 3.05) is 10.8 Å². The molecule has 2 aromatic carbocycles. The zero-order chi connectivity index (χ0) is 21.8. The third-order valence-electron chi connectivity index (χ3n) is 7.72. The number of alkyl halides is 1. The maximum Gasteiger partial charge on any atom is 0.0528 e. The first-order valence-electron chi connectivity index (χ1n) is 11.7. The number of halogens is 1. The second kappa shape index (κ2) is 7.59. The molecular formula is C28H38ClN. The van der Waals surface area contributed by atoms with Gasteiger partial charge in [0.2, 0.25) is 0 Å². The normalized spacial score (nSPS) is 25.0. The van der Waals surface area contributed by atoms with Crippen LogP contribution in [0.25, 0.3) is 0 Å². The molecule has 0 radical (unpaired) electrons. The predicted molar refractivity (Wildman–Crippen MR) is 131 cm³/mol. The van der Waals surface area contributed by atoms with Crippen LogP contribution in [0.4, 0.5) is 5.69 Å². The Morgan fingerprint density at radius 3 is 2.23 bits per heavy atom. The summed E-state index contributed by atoms with van der Waals surface area (Å²) in [6, 6.07) is 14.3. The minimum absolute atomic E-state index is 0.0551. The van der Waals surface area contributed by atoms with Crippen molar-refractivity contribution in [3.63, 3.8) is 0 Å². The average Bonchev–Trinajstić information content (AvgIpc) is 3.14. The number of aryl methyl sites for hydroxylation is 2. The van der Waals surface area contributed by atoms with E-state index in [1.54, 1.807) is 5.56 Å². The Labute approximate surface area is 188 Å². The van der Waals surface area contributed by atoms with Crippen molar-refractivity contribution in [1.29, 1.82) is 0 Å². The highest BCUT2D eigenvalue weighted by Gasteiger charge is 2.58. The first kappa shape index (κ1) is 21.8. The van der Waals surface area contributed by atoms with E-state index in [-0.39, 0.29) is 11.0 Å². The third-order valence-corrected chi connectivity index (χ3v) is 8.01. The van der Waals surface area contributed by atoms with E-state index in [0.29, 0.717) is 23.8 Å². The summed E-state index contributed by atoms with van der Waals surface area (Å²) in [5, 5.41) is 0. The van der Waals surface area contributed by atoms with E-state index in [1.807, 2.05) is 0 Å². The first-order valence-corrected chi connectivity index (χ1v) is 12.2. The number of benzene rings is 2. The van der Waals surface area contributed by atoms with Gasteiger partial charge in [0.15, 0.2) is 0 Å². The quantitative estimate of drug-likeness (QED) is 0.455. The summed E-state index contributed by atoms with van der Waals surface area (Å²) in [7, 11) is 0. The summed E-state index contributed by atoms with van der Waals surface area (Å²) < 4.78 is 0. The lowest BCUT2D eigenvalue weighted by molar-refractivity contribution is 0.383. The third kappa shape index (κ3) is 3.20. The topological polar surface area (TPSA) is 3.24 Å². The fourth-order valence-corrected chi connectivity index (χ4v) is 6.94. The number of nitrogens with zero attached hydrogens (tertiary/aromatic N) is 1. The van der Waals surface area contributed by atoms with Crippen molar-refractivity contribution in [3.8, 4) is 0 Å². The largest absolute Gasteiger partial charge is 0.361 e. The molecule has 2 aliphatic rings. The van der Waals surface area contributed by atoms with Crippen LogP contribution >= 0.6 is 11.6 Å². The van der Waals surface area contributed by atoms with E-state index < -0.39 is 0 Å². The Hall–Kier alpha value is -1.47. The van der Waals surface area contributed by atoms with Crippen LogP contribution in [0, 0.1) is 6.92 Å². The van der Waals surface area contributed by atoms with Crippen molar-refractivity contribution in [3.05, 3.63) is 64.2 Å². The minimum atomic E-state index is 0.0551. The molecule has 1 fully saturated rings. The lowest BCUT2D eigenvalue weighted by atomic mass is 9.73. The summed E-state index contributed by atoms with van der Waals surface area (Å²) in [4.78, 5) is 2.75. The fourth-order valence-electron chi connectivity index (χ4n) is 6.50. The summed E-state index contributed by atoms with van der Waals surface area (Å²) in [5.74, 6) is 1.64. The van der Waals surface area contributed by atoms with E-state index in [4.69, 9.17) is 11.6 Å². The summed E-state index contributed by atoms with van der Waals surface area (Å²) in [6.45, 7) is 16.4. The lowest BCUT2D eigenvalue weighted by Crippen LogP contribution is -2.48. The van der Waals surface area contributed by atoms with Crippen LogP contribution in [0.5, 0.6) is 0 Å². The fraction of sp³-hybridized carbons (Fsp3) is 0.571. The van der Waals surface area contributed by atoms with Gasteiger partial charge in [0.1, 0.15) is 0 Å². The average molecular weight is 424 g/mol. The molecule has 1 heterocycles. The Bertz CT molecular complexity index is 915. The van der Waals surface area contributed by atoms with Crippen molar-refractivity contribution in [2.45, 2.75) is 96.6 Å². The number of rotatable bonds is 4. The van der Waals surface area contributed by atoms with Crippen LogP contribution in [-0.4, -0.2) is 17.5 Å². The van der Waals surface area contributed by atoms with Crippen LogP contribution in [0.3, 0.4) is 0 Å². The minimum Gasteiger partial charge on any atom is -0.361 e. The molecule has 0 bridgehead atoms. The van der Waals surface area contributed by atoms with Gasteiger partial charge in [-0.3, -0.25) is 0 Å². The molecule has 2 unspecified atom stereocenters. The van der Waals surface area contributed by atoms with Gasteiger partial charge in [-0.1, -0.05) is 69.7 Å². The summed E-state index contributed by atoms with van der Waals surface area (Å²) in [5.41, 5.74) is 9.05. The standard InChI is InChI=1S/C28H38ClN/c1-18(2)22-9-8-10-23(19(3)4)26(22)30-25(16-29)28(17-27(30,6)7)14-13-21-12-11-20(5)15-24(21)28/h8-12,15,18-19,25H,13-14,16-17H2,1-7H3. The van der Waals surface area contributed by atoms with Gasteiger partial charge in [-0.2, -0.15) is 0 Å². The molecule has 2 heteroatoms. The number of hydrogen-bond acceptors (Lipinski definition) is 1. The van der Waals surface area contributed by atoms with Gasteiger partial charge >= 0.3 is 0 Å². The zero-order valence-corrected chi connectivity index (χ0v) is 20.6. The maximum atomic E-state index is 6.88. The molecule has 1 nitrogen and oxygen atoms in total. The van der Waals surface area contributed by atoms with Gasteiger partial charge in [-0.25, -0.2) is 0 Å². The SMILES string of the molecule is Cc1ccc2c(c1)C1(CC2)CC(C)(C)N(c2c(C(C)C)cccc2C(C)C)C1CCl. The van der Waals surface area contributed by atoms with Crippen molar-refractivity contribution >= 4 is 17.3 Å². The van der Waals surface area contributed by atoms with Gasteiger partial charge in [0, 0.05) is 22.5 Å². The molecule has 2 aromatic rings. The van der Waals surface area contributed by atoms with Crippen LogP contribution in [-0.2, 0) is 11.8 Å². The highest BCUT2D eigenvalue weighted by Crippen LogP contribution is 2.58. The van der Waals surface area contributed by atoms with Gasteiger partial charge in [0.25, 0.3) is 0 Å². The molecule has 30 heavy (non-hydrogen) atoms. The molecule has 162 valence electrons. The molecular weight excluding hydrogens is 386 g/mol. The molecule has 0 aromatic heterocycles. The lowest BCUT2D eigenvalue weighted by Gasteiger charge is -2.42. The first-order chi connectivity index (χ1) is 14.1. The van der Waals surface area contributed by atoms with E-state index in [1.165, 1.54) is 40.8 Å². The van der Waals surface area contributed by atoms with Gasteiger partial charge in [0.05, 0.1) is 6.04 Å². The molecule has 1 saturated heterocycles. The molecule has 1 aliphatic heterocycles. The van der Waals surface area contributed by atoms with E-state index >= 15 is 0 Å². The van der Waals surface area contributed by atoms with Crippen LogP contribution in [0.2, 0.25) is 0 Å². The molecule has 1 aliphatic carbocycles. The van der Waals surface area contributed by atoms with Crippen molar-refractivity contribution in [2.24, 2.45) is 0 Å². The highest BCUT2D eigenvalue weighted by molar-refractivity contribution is 6.18. The second-order valence-electron chi connectivity index (χ2n) is 10.9. The smallest absolute Gasteiger partial charge is 0.0528 e. The molecule has 4 rings (SSSR count). The Balaban J connectivity index is 1.95. The van der Waals surface area contributed by atoms with E-state index in [9.17, 15) is 0 Å².